The minimum atomic E-state index is -1.03. The van der Waals surface area contributed by atoms with Crippen molar-refractivity contribution in [3.63, 3.8) is 0 Å². The minimum absolute atomic E-state index is 0.174. The lowest BCUT2D eigenvalue weighted by Crippen LogP contribution is -2.48. The molecule has 0 aliphatic carbocycles. The number of nitrogens with zero attached hydrogens (tertiary/aromatic N) is 1. The predicted octanol–water partition coefficient (Wildman–Crippen LogP) is 1.54. The second-order valence-electron chi connectivity index (χ2n) is 7.47. The van der Waals surface area contributed by atoms with E-state index < -0.39 is 12.0 Å². The fourth-order valence-electron chi connectivity index (χ4n) is 3.96. The van der Waals surface area contributed by atoms with Crippen molar-refractivity contribution in [1.29, 1.82) is 0 Å². The van der Waals surface area contributed by atoms with E-state index in [1.54, 1.807) is 24.3 Å². The Labute approximate surface area is 167 Å². The molecule has 0 aromatic heterocycles. The molecule has 4 rings (SSSR count). The summed E-state index contributed by atoms with van der Waals surface area (Å²) in [5, 5.41) is 11.9. The molecule has 0 bridgehead atoms. The van der Waals surface area contributed by atoms with Gasteiger partial charge in [0.25, 0.3) is 5.91 Å². The van der Waals surface area contributed by atoms with Gasteiger partial charge in [-0.2, -0.15) is 0 Å². The Hall–Kier alpha value is -3.48. The maximum absolute atomic E-state index is 13.0. The van der Waals surface area contributed by atoms with E-state index in [0.29, 0.717) is 12.0 Å². The van der Waals surface area contributed by atoms with Gasteiger partial charge in [0.1, 0.15) is 6.04 Å². The SMILES string of the molecule is O=C1CC(Cc2ccc(C(=O)N3Cc4ccccc4CC3C(=O)O)cc2)C(=O)N1. The first-order valence-electron chi connectivity index (χ1n) is 9.45. The highest BCUT2D eigenvalue weighted by Gasteiger charge is 2.35. The number of nitrogens with one attached hydrogen (secondary N) is 1. The van der Waals surface area contributed by atoms with Crippen molar-refractivity contribution in [2.45, 2.75) is 31.8 Å². The molecule has 2 unspecified atom stereocenters. The third-order valence-electron chi connectivity index (χ3n) is 5.54. The number of hydrogen-bond acceptors (Lipinski definition) is 4. The summed E-state index contributed by atoms with van der Waals surface area (Å²) in [5.74, 6) is -2.30. The first-order chi connectivity index (χ1) is 13.9. The van der Waals surface area contributed by atoms with Gasteiger partial charge in [0.05, 0.1) is 5.92 Å². The zero-order valence-electron chi connectivity index (χ0n) is 15.6. The van der Waals surface area contributed by atoms with Crippen molar-refractivity contribution in [1.82, 2.24) is 10.2 Å². The monoisotopic (exact) mass is 392 g/mol. The van der Waals surface area contributed by atoms with Crippen LogP contribution < -0.4 is 5.32 Å². The van der Waals surface area contributed by atoms with Gasteiger partial charge < -0.3 is 10.0 Å². The standard InChI is InChI=1S/C22H20N2O5/c25-19-11-17(20(26)23-19)9-13-5-7-14(8-6-13)21(27)24-12-16-4-2-1-3-15(16)10-18(24)22(28)29/h1-8,17-18H,9-12H2,(H,28,29)(H,23,25,26). The lowest BCUT2D eigenvalue weighted by Gasteiger charge is -2.34. The molecule has 0 radical (unpaired) electrons. The van der Waals surface area contributed by atoms with Crippen LogP contribution in [-0.4, -0.2) is 39.7 Å². The summed E-state index contributed by atoms with van der Waals surface area (Å²) in [6.45, 7) is 0.248. The number of carbonyl (C=O) groups excluding carboxylic acids is 3. The molecule has 0 saturated carbocycles. The highest BCUT2D eigenvalue weighted by atomic mass is 16.4. The molecule has 2 aliphatic rings. The fourth-order valence-corrected chi connectivity index (χ4v) is 3.96. The Kier molecular flexibility index (Phi) is 4.88. The van der Waals surface area contributed by atoms with E-state index in [4.69, 9.17) is 0 Å². The number of amides is 3. The molecule has 0 spiro atoms. The summed E-state index contributed by atoms with van der Waals surface area (Å²) < 4.78 is 0. The molecule has 148 valence electrons. The maximum atomic E-state index is 13.0. The van der Waals surface area contributed by atoms with Crippen LogP contribution in [-0.2, 0) is 33.8 Å². The van der Waals surface area contributed by atoms with Crippen molar-refractivity contribution in [2.75, 3.05) is 0 Å². The molecule has 2 aromatic carbocycles. The van der Waals surface area contributed by atoms with Gasteiger partial charge in [-0.3, -0.25) is 19.7 Å². The quantitative estimate of drug-likeness (QED) is 0.769. The van der Waals surface area contributed by atoms with Crippen molar-refractivity contribution in [2.24, 2.45) is 5.92 Å². The highest BCUT2D eigenvalue weighted by Crippen LogP contribution is 2.26. The Morgan fingerprint density at radius 3 is 2.31 bits per heavy atom. The largest absolute Gasteiger partial charge is 0.480 e. The minimum Gasteiger partial charge on any atom is -0.480 e. The van der Waals surface area contributed by atoms with Crippen LogP contribution in [0.4, 0.5) is 0 Å². The first-order valence-corrected chi connectivity index (χ1v) is 9.45. The van der Waals surface area contributed by atoms with Crippen LogP contribution in [0.3, 0.4) is 0 Å². The summed E-state index contributed by atoms with van der Waals surface area (Å²) in [5.41, 5.74) is 3.14. The van der Waals surface area contributed by atoms with Gasteiger partial charge in [0, 0.05) is 24.9 Å². The summed E-state index contributed by atoms with van der Waals surface area (Å²) in [6, 6.07) is 13.4. The number of fused-ring (bicyclic) bond motifs is 1. The van der Waals surface area contributed by atoms with Gasteiger partial charge in [0.15, 0.2) is 0 Å². The van der Waals surface area contributed by atoms with Gasteiger partial charge in [-0.25, -0.2) is 4.79 Å². The fraction of sp³-hybridized carbons (Fsp3) is 0.273. The van der Waals surface area contributed by atoms with Gasteiger partial charge in [-0.1, -0.05) is 36.4 Å². The number of carbonyl (C=O) groups is 4. The molecule has 29 heavy (non-hydrogen) atoms. The molecular weight excluding hydrogens is 372 g/mol. The predicted molar refractivity (Wildman–Crippen MR) is 103 cm³/mol. The first kappa shape index (κ1) is 18.9. The van der Waals surface area contributed by atoms with Crippen LogP contribution in [0.25, 0.3) is 0 Å². The van der Waals surface area contributed by atoms with Crippen LogP contribution in [0.5, 0.6) is 0 Å². The summed E-state index contributed by atoms with van der Waals surface area (Å²) in [4.78, 5) is 49.2. The molecule has 2 N–H and O–H groups in total. The van der Waals surface area contributed by atoms with E-state index in [0.717, 1.165) is 16.7 Å². The van der Waals surface area contributed by atoms with E-state index >= 15 is 0 Å². The zero-order valence-corrected chi connectivity index (χ0v) is 15.6. The third kappa shape index (κ3) is 3.76. The number of benzene rings is 2. The average Bonchev–Trinajstić information content (AvgIpc) is 3.03. The number of aliphatic carboxylic acids is 1. The van der Waals surface area contributed by atoms with E-state index in [1.165, 1.54) is 4.90 Å². The lowest BCUT2D eigenvalue weighted by atomic mass is 9.93. The van der Waals surface area contributed by atoms with Crippen LogP contribution in [0.2, 0.25) is 0 Å². The summed E-state index contributed by atoms with van der Waals surface area (Å²) in [7, 11) is 0. The van der Waals surface area contributed by atoms with Crippen molar-refractivity contribution in [3.8, 4) is 0 Å². The number of carboxylic acid groups (broad SMARTS) is 1. The second-order valence-corrected chi connectivity index (χ2v) is 7.47. The molecule has 7 nitrogen and oxygen atoms in total. The molecule has 2 atom stereocenters. The average molecular weight is 392 g/mol. The molecule has 2 aliphatic heterocycles. The van der Waals surface area contributed by atoms with Crippen LogP contribution >= 0.6 is 0 Å². The molecule has 2 heterocycles. The Morgan fingerprint density at radius 1 is 1.00 bits per heavy atom. The number of hydrogen-bond donors (Lipinski definition) is 2. The van der Waals surface area contributed by atoms with Crippen molar-refractivity contribution < 1.29 is 24.3 Å². The van der Waals surface area contributed by atoms with Crippen LogP contribution in [0.15, 0.2) is 48.5 Å². The number of rotatable bonds is 4. The van der Waals surface area contributed by atoms with Gasteiger partial charge >= 0.3 is 5.97 Å². The molecule has 3 amide bonds. The van der Waals surface area contributed by atoms with Gasteiger partial charge in [0.2, 0.25) is 11.8 Å². The normalized spacial score (nSPS) is 20.9. The Morgan fingerprint density at radius 2 is 1.69 bits per heavy atom. The number of carboxylic acids is 1. The highest BCUT2D eigenvalue weighted by molar-refractivity contribution is 6.03. The molecule has 7 heteroatoms. The van der Waals surface area contributed by atoms with E-state index in [2.05, 4.69) is 5.32 Å². The topological polar surface area (TPSA) is 104 Å². The van der Waals surface area contributed by atoms with Crippen LogP contribution in [0.1, 0.15) is 33.5 Å². The maximum Gasteiger partial charge on any atom is 0.326 e. The lowest BCUT2D eigenvalue weighted by molar-refractivity contribution is -0.142. The molecular formula is C22H20N2O5. The Bertz CT molecular complexity index is 999. The van der Waals surface area contributed by atoms with Gasteiger partial charge in [-0.15, -0.1) is 0 Å². The smallest absolute Gasteiger partial charge is 0.326 e. The molecule has 2 aromatic rings. The summed E-state index contributed by atoms with van der Waals surface area (Å²) >= 11 is 0. The summed E-state index contributed by atoms with van der Waals surface area (Å²) in [6.07, 6.45) is 0.869. The zero-order chi connectivity index (χ0) is 20.5. The van der Waals surface area contributed by atoms with E-state index in [9.17, 15) is 24.3 Å². The third-order valence-corrected chi connectivity index (χ3v) is 5.54. The van der Waals surface area contributed by atoms with E-state index in [1.807, 2.05) is 24.3 Å². The Balaban J connectivity index is 1.52. The number of imide groups is 1. The molecule has 1 fully saturated rings. The van der Waals surface area contributed by atoms with E-state index in [-0.39, 0.29) is 43.0 Å². The second kappa shape index (κ2) is 7.50. The molecule has 1 saturated heterocycles. The van der Waals surface area contributed by atoms with Crippen molar-refractivity contribution in [3.05, 3.63) is 70.8 Å². The van der Waals surface area contributed by atoms with Gasteiger partial charge in [-0.05, 0) is 35.2 Å². The van der Waals surface area contributed by atoms with Crippen LogP contribution in [0, 0.1) is 5.92 Å². The van der Waals surface area contributed by atoms with Crippen molar-refractivity contribution >= 4 is 23.7 Å².